The van der Waals surface area contributed by atoms with Crippen LogP contribution in [-0.4, -0.2) is 41.1 Å². The van der Waals surface area contributed by atoms with Crippen LogP contribution in [0.5, 0.6) is 5.75 Å². The first-order chi connectivity index (χ1) is 13.7. The third-order valence-corrected chi connectivity index (χ3v) is 5.26. The molecule has 3 aromatic rings. The molecule has 1 amide bonds. The number of ether oxygens (including phenoxy) is 1. The van der Waals surface area contributed by atoms with Gasteiger partial charge in [0.25, 0.3) is 5.91 Å². The molecule has 0 aliphatic carbocycles. The lowest BCUT2D eigenvalue weighted by atomic mass is 9.97. The van der Waals surface area contributed by atoms with Crippen molar-refractivity contribution in [3.63, 3.8) is 0 Å². The third kappa shape index (κ3) is 3.73. The lowest BCUT2D eigenvalue weighted by Gasteiger charge is -2.31. The molecule has 1 atom stereocenters. The lowest BCUT2D eigenvalue weighted by molar-refractivity contribution is 0.0696. The molecule has 0 unspecified atom stereocenters. The van der Waals surface area contributed by atoms with Crippen molar-refractivity contribution in [2.45, 2.75) is 18.8 Å². The van der Waals surface area contributed by atoms with Gasteiger partial charge in [-0.1, -0.05) is 41.0 Å². The van der Waals surface area contributed by atoms with Crippen LogP contribution in [0, 0.1) is 0 Å². The fraction of sp³-hybridized carbons (Fsp3) is 0.286. The van der Waals surface area contributed by atoms with Crippen molar-refractivity contribution in [1.29, 1.82) is 0 Å². The first-order valence-electron chi connectivity index (χ1n) is 9.17. The van der Waals surface area contributed by atoms with Crippen LogP contribution in [0.15, 0.2) is 53.1 Å². The Morgan fingerprint density at radius 1 is 1.25 bits per heavy atom. The summed E-state index contributed by atoms with van der Waals surface area (Å²) in [5.41, 5.74) is 1.35. The van der Waals surface area contributed by atoms with Gasteiger partial charge in [-0.2, -0.15) is 4.98 Å². The number of piperidine rings is 1. The molecule has 0 spiro atoms. The molecule has 1 fully saturated rings. The second kappa shape index (κ2) is 8.02. The van der Waals surface area contributed by atoms with Gasteiger partial charge < -0.3 is 14.2 Å². The quantitative estimate of drug-likeness (QED) is 0.651. The summed E-state index contributed by atoms with van der Waals surface area (Å²) in [5.74, 6) is 1.74. The maximum atomic E-state index is 12.9. The molecule has 0 radical (unpaired) electrons. The zero-order chi connectivity index (χ0) is 19.5. The van der Waals surface area contributed by atoms with Crippen LogP contribution in [-0.2, 0) is 0 Å². The number of aromatic nitrogens is 2. The first-order valence-corrected chi connectivity index (χ1v) is 9.55. The zero-order valence-corrected chi connectivity index (χ0v) is 16.2. The number of benzene rings is 2. The van der Waals surface area contributed by atoms with E-state index < -0.39 is 0 Å². The van der Waals surface area contributed by atoms with E-state index in [2.05, 4.69) is 10.1 Å². The Hall–Kier alpha value is -2.86. The molecule has 1 saturated heterocycles. The van der Waals surface area contributed by atoms with Crippen molar-refractivity contribution in [1.82, 2.24) is 15.0 Å². The van der Waals surface area contributed by atoms with Gasteiger partial charge in [0.05, 0.1) is 23.6 Å². The van der Waals surface area contributed by atoms with Crippen LogP contribution in [0.4, 0.5) is 0 Å². The first kappa shape index (κ1) is 18.5. The fourth-order valence-electron chi connectivity index (χ4n) is 3.45. The van der Waals surface area contributed by atoms with E-state index in [4.69, 9.17) is 20.9 Å². The Labute approximate surface area is 168 Å². The van der Waals surface area contributed by atoms with Gasteiger partial charge in [0.1, 0.15) is 5.75 Å². The summed E-state index contributed by atoms with van der Waals surface area (Å²) in [6, 6.07) is 14.6. The van der Waals surface area contributed by atoms with Crippen LogP contribution in [0.2, 0.25) is 5.02 Å². The van der Waals surface area contributed by atoms with Gasteiger partial charge in [-0.25, -0.2) is 0 Å². The number of rotatable bonds is 4. The Kier molecular flexibility index (Phi) is 5.30. The van der Waals surface area contributed by atoms with Crippen molar-refractivity contribution < 1.29 is 14.1 Å². The largest absolute Gasteiger partial charge is 0.497 e. The number of carbonyl (C=O) groups excluding carboxylic acids is 1. The van der Waals surface area contributed by atoms with E-state index >= 15 is 0 Å². The highest BCUT2D eigenvalue weighted by atomic mass is 35.5. The van der Waals surface area contributed by atoms with Gasteiger partial charge in [-0.05, 0) is 37.1 Å². The lowest BCUT2D eigenvalue weighted by Crippen LogP contribution is -2.39. The highest BCUT2D eigenvalue weighted by molar-refractivity contribution is 6.33. The number of methoxy groups -OCH3 is 1. The Bertz CT molecular complexity index is 988. The van der Waals surface area contributed by atoms with Crippen molar-refractivity contribution in [3.8, 4) is 17.1 Å². The Balaban J connectivity index is 1.51. The summed E-state index contributed by atoms with van der Waals surface area (Å²) in [7, 11) is 1.62. The summed E-state index contributed by atoms with van der Waals surface area (Å²) in [4.78, 5) is 19.2. The van der Waals surface area contributed by atoms with E-state index in [1.54, 1.807) is 19.2 Å². The molecule has 2 heterocycles. The molecule has 1 aliphatic heterocycles. The van der Waals surface area contributed by atoms with Gasteiger partial charge in [0.15, 0.2) is 0 Å². The van der Waals surface area contributed by atoms with E-state index in [0.717, 1.165) is 24.2 Å². The second-order valence-corrected chi connectivity index (χ2v) is 7.17. The van der Waals surface area contributed by atoms with Gasteiger partial charge in [-0.15, -0.1) is 0 Å². The Morgan fingerprint density at radius 3 is 2.93 bits per heavy atom. The van der Waals surface area contributed by atoms with Gasteiger partial charge in [0.2, 0.25) is 11.7 Å². The average molecular weight is 398 g/mol. The van der Waals surface area contributed by atoms with Crippen LogP contribution >= 0.6 is 11.6 Å². The SMILES string of the molecule is COc1cccc(-c2noc([C@@H]3CCCN(C(=O)c4ccccc4Cl)C3)n2)c1. The third-order valence-electron chi connectivity index (χ3n) is 4.93. The predicted octanol–water partition coefficient (Wildman–Crippen LogP) is 4.42. The number of nitrogens with zero attached hydrogens (tertiary/aromatic N) is 3. The minimum Gasteiger partial charge on any atom is -0.497 e. The van der Waals surface area contributed by atoms with Crippen molar-refractivity contribution in [2.75, 3.05) is 20.2 Å². The van der Waals surface area contributed by atoms with Crippen LogP contribution in [0.1, 0.15) is 35.0 Å². The molecule has 1 aromatic heterocycles. The number of amides is 1. The molecule has 4 rings (SSSR count). The standard InChI is InChI=1S/C21H20ClN3O3/c1-27-16-8-4-6-14(12-16)19-23-20(28-24-19)15-7-5-11-25(13-15)21(26)17-9-2-3-10-18(17)22/h2-4,6,8-10,12,15H,5,7,11,13H2,1H3/t15-/m1/s1. The molecule has 0 N–H and O–H groups in total. The average Bonchev–Trinajstić information content (AvgIpc) is 3.24. The summed E-state index contributed by atoms with van der Waals surface area (Å²) >= 11 is 6.19. The number of halogens is 1. The summed E-state index contributed by atoms with van der Waals surface area (Å²) in [6.07, 6.45) is 1.77. The van der Waals surface area contributed by atoms with E-state index in [9.17, 15) is 4.79 Å². The predicted molar refractivity (Wildman–Crippen MR) is 106 cm³/mol. The number of carbonyl (C=O) groups is 1. The summed E-state index contributed by atoms with van der Waals surface area (Å²) in [5, 5.41) is 4.58. The molecule has 0 bridgehead atoms. The maximum absolute atomic E-state index is 12.9. The second-order valence-electron chi connectivity index (χ2n) is 6.76. The van der Waals surface area contributed by atoms with E-state index in [-0.39, 0.29) is 11.8 Å². The summed E-state index contributed by atoms with van der Waals surface area (Å²) < 4.78 is 10.8. The van der Waals surface area contributed by atoms with Crippen LogP contribution < -0.4 is 4.74 Å². The van der Waals surface area contributed by atoms with E-state index in [1.807, 2.05) is 41.3 Å². The topological polar surface area (TPSA) is 68.5 Å². The van der Waals surface area contributed by atoms with Crippen molar-refractivity contribution in [2.24, 2.45) is 0 Å². The molecule has 0 saturated carbocycles. The molecule has 1 aliphatic rings. The van der Waals surface area contributed by atoms with Crippen molar-refractivity contribution in [3.05, 3.63) is 65.0 Å². The van der Waals surface area contributed by atoms with E-state index in [1.165, 1.54) is 0 Å². The van der Waals surface area contributed by atoms with Gasteiger partial charge in [-0.3, -0.25) is 4.79 Å². The highest BCUT2D eigenvalue weighted by Crippen LogP contribution is 2.30. The molecule has 2 aromatic carbocycles. The van der Waals surface area contributed by atoms with Crippen LogP contribution in [0.25, 0.3) is 11.4 Å². The van der Waals surface area contributed by atoms with Crippen LogP contribution in [0.3, 0.4) is 0 Å². The van der Waals surface area contributed by atoms with Gasteiger partial charge in [0, 0.05) is 18.7 Å². The number of likely N-dealkylation sites (tertiary alicyclic amines) is 1. The molecular formula is C21H20ClN3O3. The summed E-state index contributed by atoms with van der Waals surface area (Å²) in [6.45, 7) is 1.22. The van der Waals surface area contributed by atoms with Gasteiger partial charge >= 0.3 is 0 Å². The number of hydrogen-bond donors (Lipinski definition) is 0. The van der Waals surface area contributed by atoms with Crippen molar-refractivity contribution >= 4 is 17.5 Å². The van der Waals surface area contributed by atoms with E-state index in [0.29, 0.717) is 35.4 Å². The zero-order valence-electron chi connectivity index (χ0n) is 15.5. The fourth-order valence-corrected chi connectivity index (χ4v) is 3.67. The smallest absolute Gasteiger partial charge is 0.255 e. The minimum absolute atomic E-state index is 0.00652. The normalized spacial score (nSPS) is 16.8. The minimum atomic E-state index is -0.0668. The molecular weight excluding hydrogens is 378 g/mol. The molecule has 144 valence electrons. The maximum Gasteiger partial charge on any atom is 0.255 e. The Morgan fingerprint density at radius 2 is 2.11 bits per heavy atom. The highest BCUT2D eigenvalue weighted by Gasteiger charge is 2.29. The molecule has 7 heteroatoms. The molecule has 28 heavy (non-hydrogen) atoms. The monoisotopic (exact) mass is 397 g/mol. The number of hydrogen-bond acceptors (Lipinski definition) is 5. The molecule has 6 nitrogen and oxygen atoms in total.